The molecule has 0 aliphatic heterocycles. The first kappa shape index (κ1) is 15.7. The average molecular weight is 324 g/mol. The van der Waals surface area contributed by atoms with Gasteiger partial charge in [0.2, 0.25) is 10.0 Å². The van der Waals surface area contributed by atoms with E-state index in [1.165, 1.54) is 0 Å². The summed E-state index contributed by atoms with van der Waals surface area (Å²) in [6, 6.07) is 7.44. The topological polar surface area (TPSA) is 103 Å². The summed E-state index contributed by atoms with van der Waals surface area (Å²) in [5.41, 5.74) is 7.42. The highest BCUT2D eigenvalue weighted by atomic mass is 32.2. The van der Waals surface area contributed by atoms with Crippen molar-refractivity contribution in [1.82, 2.24) is 0 Å². The molecule has 4 N–H and O–H groups in total. The first-order valence-electron chi connectivity index (χ1n) is 6.27. The van der Waals surface area contributed by atoms with E-state index in [0.29, 0.717) is 5.56 Å². The number of carbonyl (C=O) groups is 1. The summed E-state index contributed by atoms with van der Waals surface area (Å²) in [4.78, 5) is 11.2. The molecule has 0 aliphatic carbocycles. The number of hydrogen-bond acceptors (Lipinski definition) is 4. The molecule has 0 aliphatic rings. The molecule has 1 amide bonds. The van der Waals surface area contributed by atoms with E-state index in [1.807, 2.05) is 38.1 Å². The quantitative estimate of drug-likeness (QED) is 0.901. The molecule has 0 radical (unpaired) electrons. The molecule has 5 nitrogen and oxygen atoms in total. The van der Waals surface area contributed by atoms with Crippen molar-refractivity contribution < 1.29 is 13.2 Å². The predicted molar refractivity (Wildman–Crippen MR) is 83.7 cm³/mol. The van der Waals surface area contributed by atoms with Gasteiger partial charge in [-0.2, -0.15) is 0 Å². The van der Waals surface area contributed by atoms with Crippen molar-refractivity contribution in [1.29, 1.82) is 0 Å². The fourth-order valence-electron chi connectivity index (χ4n) is 2.23. The number of hydrogen-bond donors (Lipinski definition) is 2. The highest BCUT2D eigenvalue weighted by molar-refractivity contribution is 7.89. The van der Waals surface area contributed by atoms with Crippen LogP contribution < -0.4 is 10.9 Å². The van der Waals surface area contributed by atoms with Crippen LogP contribution in [-0.4, -0.2) is 14.3 Å². The Labute approximate surface area is 127 Å². The van der Waals surface area contributed by atoms with E-state index in [-0.39, 0.29) is 15.7 Å². The van der Waals surface area contributed by atoms with Crippen LogP contribution in [0, 0.1) is 0 Å². The zero-order chi connectivity index (χ0) is 15.8. The van der Waals surface area contributed by atoms with Crippen molar-refractivity contribution in [2.75, 3.05) is 0 Å². The summed E-state index contributed by atoms with van der Waals surface area (Å²) < 4.78 is 23.7. The molecule has 0 saturated heterocycles. The zero-order valence-corrected chi connectivity index (χ0v) is 13.3. The molecular weight excluding hydrogens is 308 g/mol. The molecule has 0 fully saturated rings. The fraction of sp³-hybridized carbons (Fsp3) is 0.214. The molecule has 7 heteroatoms. The molecule has 1 aromatic carbocycles. The minimum Gasteiger partial charge on any atom is -0.365 e. The van der Waals surface area contributed by atoms with Crippen LogP contribution in [0.1, 0.15) is 35.0 Å². The minimum atomic E-state index is -4.05. The first-order chi connectivity index (χ1) is 9.73. The zero-order valence-electron chi connectivity index (χ0n) is 11.7. The van der Waals surface area contributed by atoms with Gasteiger partial charge in [0.05, 0.1) is 0 Å². The Morgan fingerprint density at radius 3 is 2.33 bits per heavy atom. The number of sulfonamides is 1. The molecule has 0 bridgehead atoms. The van der Waals surface area contributed by atoms with Gasteiger partial charge in [0.1, 0.15) is 9.77 Å². The van der Waals surface area contributed by atoms with Gasteiger partial charge < -0.3 is 5.73 Å². The largest absolute Gasteiger partial charge is 0.365 e. The molecule has 2 aromatic rings. The fourth-order valence-corrected chi connectivity index (χ4v) is 4.45. The van der Waals surface area contributed by atoms with Gasteiger partial charge in [0.25, 0.3) is 5.91 Å². The maximum Gasteiger partial charge on any atom is 0.260 e. The van der Waals surface area contributed by atoms with Crippen LogP contribution in [0.25, 0.3) is 11.1 Å². The number of thiophene rings is 1. The Morgan fingerprint density at radius 1 is 1.19 bits per heavy atom. The van der Waals surface area contributed by atoms with Crippen LogP contribution in [-0.2, 0) is 10.0 Å². The van der Waals surface area contributed by atoms with Crippen LogP contribution in [0.3, 0.4) is 0 Å². The molecule has 0 unspecified atom stereocenters. The lowest BCUT2D eigenvalue weighted by Gasteiger charge is -2.13. The number of primary amides is 1. The van der Waals surface area contributed by atoms with Crippen LogP contribution >= 0.6 is 11.3 Å². The van der Waals surface area contributed by atoms with Crippen LogP contribution in [0.4, 0.5) is 0 Å². The average Bonchev–Trinajstić information content (AvgIpc) is 2.83. The van der Waals surface area contributed by atoms with Crippen molar-refractivity contribution in [3.63, 3.8) is 0 Å². The van der Waals surface area contributed by atoms with Crippen molar-refractivity contribution in [3.8, 4) is 11.1 Å². The summed E-state index contributed by atoms with van der Waals surface area (Å²) in [6.45, 7) is 4.02. The Kier molecular flexibility index (Phi) is 4.18. The van der Waals surface area contributed by atoms with E-state index >= 15 is 0 Å². The predicted octanol–water partition coefficient (Wildman–Crippen LogP) is 2.28. The molecule has 0 atom stereocenters. The number of benzene rings is 1. The molecule has 112 valence electrons. The molecule has 2 rings (SSSR count). The summed E-state index contributed by atoms with van der Waals surface area (Å²) in [7, 11) is -4.05. The Hall–Kier alpha value is -1.70. The van der Waals surface area contributed by atoms with E-state index < -0.39 is 15.9 Å². The first-order valence-corrected chi connectivity index (χ1v) is 8.69. The highest BCUT2D eigenvalue weighted by Crippen LogP contribution is 2.38. The lowest BCUT2D eigenvalue weighted by atomic mass is 9.94. The molecule has 21 heavy (non-hydrogen) atoms. The Balaban J connectivity index is 2.81. The summed E-state index contributed by atoms with van der Waals surface area (Å²) in [5.74, 6) is -0.594. The third-order valence-electron chi connectivity index (χ3n) is 3.13. The van der Waals surface area contributed by atoms with Gasteiger partial charge in [-0.05, 0) is 17.0 Å². The second-order valence-electron chi connectivity index (χ2n) is 4.96. The van der Waals surface area contributed by atoms with Gasteiger partial charge in [-0.15, -0.1) is 11.3 Å². The molecule has 1 aromatic heterocycles. The van der Waals surface area contributed by atoms with E-state index in [9.17, 15) is 13.2 Å². The monoisotopic (exact) mass is 324 g/mol. The molecular formula is C14H16N2O3S2. The normalized spacial score (nSPS) is 11.8. The lowest BCUT2D eigenvalue weighted by Crippen LogP contribution is -2.19. The smallest absolute Gasteiger partial charge is 0.260 e. The number of amides is 1. The molecule has 0 saturated carbocycles. The second-order valence-corrected chi connectivity index (χ2v) is 7.34. The summed E-state index contributed by atoms with van der Waals surface area (Å²) in [5, 5.41) is 6.89. The molecule has 1 heterocycles. The van der Waals surface area contributed by atoms with Crippen LogP contribution in [0.2, 0.25) is 0 Å². The highest BCUT2D eigenvalue weighted by Gasteiger charge is 2.26. The van der Waals surface area contributed by atoms with Crippen LogP contribution in [0.15, 0.2) is 34.5 Å². The van der Waals surface area contributed by atoms with E-state index in [1.54, 1.807) is 5.38 Å². The van der Waals surface area contributed by atoms with Crippen molar-refractivity contribution in [2.45, 2.75) is 24.7 Å². The van der Waals surface area contributed by atoms with Crippen molar-refractivity contribution in [3.05, 3.63) is 40.1 Å². The van der Waals surface area contributed by atoms with Gasteiger partial charge >= 0.3 is 0 Å². The van der Waals surface area contributed by atoms with Gasteiger partial charge in [0.15, 0.2) is 0 Å². The SMILES string of the molecule is CC(C)c1ccccc1-c1csc(C(N)=O)c1S(N)(=O)=O. The Morgan fingerprint density at radius 2 is 1.81 bits per heavy atom. The van der Waals surface area contributed by atoms with E-state index in [4.69, 9.17) is 10.9 Å². The third-order valence-corrected chi connectivity index (χ3v) is 5.24. The van der Waals surface area contributed by atoms with E-state index in [0.717, 1.165) is 22.5 Å². The number of primary sulfonamides is 1. The lowest BCUT2D eigenvalue weighted by molar-refractivity contribution is 0.100. The number of rotatable bonds is 4. The Bertz CT molecular complexity index is 792. The van der Waals surface area contributed by atoms with E-state index in [2.05, 4.69) is 0 Å². The maximum atomic E-state index is 11.9. The van der Waals surface area contributed by atoms with Gasteiger partial charge in [-0.3, -0.25) is 4.79 Å². The molecule has 0 spiro atoms. The minimum absolute atomic E-state index is 0.0361. The standard InChI is InChI=1S/C14H16N2O3S2/c1-8(2)9-5-3-4-6-10(9)11-7-20-12(14(15)17)13(11)21(16,18)19/h3-8H,1-2H3,(H2,15,17)(H2,16,18,19). The van der Waals surface area contributed by atoms with Gasteiger partial charge in [-0.1, -0.05) is 38.1 Å². The van der Waals surface area contributed by atoms with Crippen LogP contribution in [0.5, 0.6) is 0 Å². The van der Waals surface area contributed by atoms with Gasteiger partial charge in [-0.25, -0.2) is 13.6 Å². The summed E-state index contributed by atoms with van der Waals surface area (Å²) >= 11 is 0.993. The van der Waals surface area contributed by atoms with Crippen molar-refractivity contribution in [2.24, 2.45) is 10.9 Å². The van der Waals surface area contributed by atoms with Crippen molar-refractivity contribution >= 4 is 27.3 Å². The number of nitrogens with two attached hydrogens (primary N) is 2. The van der Waals surface area contributed by atoms with Gasteiger partial charge in [0, 0.05) is 10.9 Å². The maximum absolute atomic E-state index is 11.9. The summed E-state index contributed by atoms with van der Waals surface area (Å²) in [6.07, 6.45) is 0. The third kappa shape index (κ3) is 2.99. The second kappa shape index (κ2) is 5.59. The number of carbonyl (C=O) groups excluding carboxylic acids is 1.